The van der Waals surface area contributed by atoms with E-state index in [1.54, 1.807) is 6.07 Å². The van der Waals surface area contributed by atoms with Crippen LogP contribution in [0.3, 0.4) is 0 Å². The van der Waals surface area contributed by atoms with Gasteiger partial charge in [-0.2, -0.15) is 5.26 Å². The minimum absolute atomic E-state index is 0.120. The molecule has 0 atom stereocenters. The van der Waals surface area contributed by atoms with Crippen LogP contribution in [0.25, 0.3) is 0 Å². The van der Waals surface area contributed by atoms with Gasteiger partial charge in [0.2, 0.25) is 5.91 Å². The maximum absolute atomic E-state index is 12.3. The number of hydrogen-bond acceptors (Lipinski definition) is 2. The molecule has 1 aromatic rings. The topological polar surface area (TPSA) is 52.9 Å². The second-order valence-electron chi connectivity index (χ2n) is 5.78. The average molecular weight is 305 g/mol. The Labute approximate surface area is 131 Å². The molecule has 0 saturated heterocycles. The molecular weight excluding hydrogens is 284 g/mol. The first-order valence-electron chi connectivity index (χ1n) is 7.61. The maximum Gasteiger partial charge on any atom is 0.225 e. The zero-order chi connectivity index (χ0) is 15.1. The Kier molecular flexibility index (Phi) is 5.64. The third-order valence-electron chi connectivity index (χ3n) is 4.11. The van der Waals surface area contributed by atoms with Gasteiger partial charge in [-0.3, -0.25) is 4.79 Å². The van der Waals surface area contributed by atoms with Gasteiger partial charge in [-0.05, 0) is 24.5 Å². The van der Waals surface area contributed by atoms with E-state index in [9.17, 15) is 10.1 Å². The molecule has 3 nitrogen and oxygen atoms in total. The molecule has 0 unspecified atom stereocenters. The first-order valence-corrected chi connectivity index (χ1v) is 7.99. The van der Waals surface area contributed by atoms with Crippen LogP contribution in [-0.4, -0.2) is 11.4 Å². The molecular formula is C17H21ClN2O. The molecule has 1 N–H and O–H groups in total. The maximum atomic E-state index is 12.3. The summed E-state index contributed by atoms with van der Waals surface area (Å²) in [5, 5.41) is 13.1. The largest absolute Gasteiger partial charge is 0.338 e. The lowest BCUT2D eigenvalue weighted by Crippen LogP contribution is -2.48. The number of nitriles is 1. The molecule has 1 fully saturated rings. The number of carbonyl (C=O) groups is 1. The highest BCUT2D eigenvalue weighted by atomic mass is 35.5. The molecule has 112 valence electrons. The number of carbonyl (C=O) groups excluding carboxylic acids is 1. The van der Waals surface area contributed by atoms with Crippen LogP contribution in [0.15, 0.2) is 24.3 Å². The highest BCUT2D eigenvalue weighted by Crippen LogP contribution is 2.26. The molecule has 0 heterocycles. The summed E-state index contributed by atoms with van der Waals surface area (Å²) >= 11 is 6.08. The van der Waals surface area contributed by atoms with Gasteiger partial charge in [-0.15, -0.1) is 0 Å². The van der Waals surface area contributed by atoms with Gasteiger partial charge in [0.25, 0.3) is 0 Å². The predicted octanol–water partition coefficient (Wildman–Crippen LogP) is 4.01. The molecule has 0 spiro atoms. The molecule has 1 saturated carbocycles. The van der Waals surface area contributed by atoms with Crippen LogP contribution in [0.4, 0.5) is 0 Å². The van der Waals surface area contributed by atoms with E-state index < -0.39 is 5.54 Å². The normalized spacial score (nSPS) is 18.1. The van der Waals surface area contributed by atoms with E-state index in [0.29, 0.717) is 5.02 Å². The van der Waals surface area contributed by atoms with E-state index in [-0.39, 0.29) is 12.3 Å². The lowest BCUT2D eigenvalue weighted by atomic mass is 9.85. The Balaban J connectivity index is 2.02. The molecule has 1 amide bonds. The number of nitrogens with zero attached hydrogens (tertiary/aromatic N) is 1. The van der Waals surface area contributed by atoms with Crippen molar-refractivity contribution in [2.24, 2.45) is 0 Å². The predicted molar refractivity (Wildman–Crippen MR) is 84.0 cm³/mol. The molecule has 1 aliphatic carbocycles. The van der Waals surface area contributed by atoms with Crippen molar-refractivity contribution >= 4 is 17.5 Å². The number of rotatable bonds is 3. The number of benzene rings is 1. The summed E-state index contributed by atoms with van der Waals surface area (Å²) < 4.78 is 0. The van der Waals surface area contributed by atoms with E-state index >= 15 is 0 Å². The van der Waals surface area contributed by atoms with Gasteiger partial charge in [0.1, 0.15) is 5.54 Å². The fourth-order valence-corrected chi connectivity index (χ4v) is 3.10. The van der Waals surface area contributed by atoms with Crippen LogP contribution >= 0.6 is 11.6 Å². The molecule has 1 aromatic carbocycles. The molecule has 0 bridgehead atoms. The minimum atomic E-state index is -0.696. The quantitative estimate of drug-likeness (QED) is 0.917. The van der Waals surface area contributed by atoms with Crippen molar-refractivity contribution in [1.29, 1.82) is 5.26 Å². The van der Waals surface area contributed by atoms with Crippen LogP contribution in [0.1, 0.15) is 50.5 Å². The van der Waals surface area contributed by atoms with Gasteiger partial charge in [0.05, 0.1) is 12.5 Å². The molecule has 1 aliphatic rings. The number of nitrogens with one attached hydrogen (secondary N) is 1. The van der Waals surface area contributed by atoms with Crippen molar-refractivity contribution in [2.75, 3.05) is 0 Å². The fraction of sp³-hybridized carbons (Fsp3) is 0.529. The summed E-state index contributed by atoms with van der Waals surface area (Å²) in [5.41, 5.74) is 0.106. The van der Waals surface area contributed by atoms with Crippen LogP contribution < -0.4 is 5.32 Å². The monoisotopic (exact) mass is 304 g/mol. The number of halogens is 1. The highest BCUT2D eigenvalue weighted by molar-refractivity contribution is 6.31. The van der Waals surface area contributed by atoms with Crippen LogP contribution in [0.5, 0.6) is 0 Å². The van der Waals surface area contributed by atoms with Gasteiger partial charge < -0.3 is 5.32 Å². The summed E-state index contributed by atoms with van der Waals surface area (Å²) in [6.07, 6.45) is 7.24. The van der Waals surface area contributed by atoms with E-state index in [1.165, 1.54) is 6.42 Å². The molecule has 0 radical (unpaired) electrons. The van der Waals surface area contributed by atoms with Gasteiger partial charge >= 0.3 is 0 Å². The first kappa shape index (κ1) is 15.9. The average Bonchev–Trinajstić information content (AvgIpc) is 2.45. The standard InChI is InChI=1S/C17H21ClN2O/c18-15-9-5-4-8-14(15)12-16(21)20-17(13-19)10-6-2-1-3-7-11-17/h4-5,8-9H,1-3,6-7,10-12H2,(H,20,21). The first-order chi connectivity index (χ1) is 10.2. The van der Waals surface area contributed by atoms with E-state index in [1.807, 2.05) is 18.2 Å². The Bertz CT molecular complexity index is 528. The smallest absolute Gasteiger partial charge is 0.225 e. The van der Waals surface area contributed by atoms with Crippen molar-refractivity contribution < 1.29 is 4.79 Å². The van der Waals surface area contributed by atoms with Crippen LogP contribution in [0, 0.1) is 11.3 Å². The zero-order valence-electron chi connectivity index (χ0n) is 12.2. The fourth-order valence-electron chi connectivity index (χ4n) is 2.90. The second kappa shape index (κ2) is 7.47. The van der Waals surface area contributed by atoms with Gasteiger partial charge in [-0.1, -0.05) is 61.9 Å². The molecule has 21 heavy (non-hydrogen) atoms. The summed E-state index contributed by atoms with van der Waals surface area (Å²) in [4.78, 5) is 12.3. The van der Waals surface area contributed by atoms with E-state index in [4.69, 9.17) is 11.6 Å². The third kappa shape index (κ3) is 4.47. The molecule has 2 rings (SSSR count). The van der Waals surface area contributed by atoms with Crippen molar-refractivity contribution in [3.8, 4) is 6.07 Å². The number of hydrogen-bond donors (Lipinski definition) is 1. The Morgan fingerprint density at radius 1 is 1.19 bits per heavy atom. The summed E-state index contributed by atoms with van der Waals surface area (Å²) in [7, 11) is 0. The molecule has 4 heteroatoms. The lowest BCUT2D eigenvalue weighted by molar-refractivity contribution is -0.122. The van der Waals surface area contributed by atoms with Crippen LogP contribution in [-0.2, 0) is 11.2 Å². The van der Waals surface area contributed by atoms with Crippen molar-refractivity contribution in [3.63, 3.8) is 0 Å². The van der Waals surface area contributed by atoms with Crippen molar-refractivity contribution in [2.45, 2.75) is 56.9 Å². The van der Waals surface area contributed by atoms with Gasteiger partial charge in [0.15, 0.2) is 0 Å². The number of amides is 1. The lowest BCUT2D eigenvalue weighted by Gasteiger charge is -2.29. The van der Waals surface area contributed by atoms with Crippen molar-refractivity contribution in [1.82, 2.24) is 5.32 Å². The van der Waals surface area contributed by atoms with Gasteiger partial charge in [-0.25, -0.2) is 0 Å². The summed E-state index contributed by atoms with van der Waals surface area (Å²) in [5.74, 6) is -0.120. The second-order valence-corrected chi connectivity index (χ2v) is 6.19. The van der Waals surface area contributed by atoms with E-state index in [0.717, 1.165) is 44.1 Å². The SMILES string of the molecule is N#CC1(NC(=O)Cc2ccccc2Cl)CCCCCCC1. The third-order valence-corrected chi connectivity index (χ3v) is 4.48. The molecule has 0 aliphatic heterocycles. The van der Waals surface area contributed by atoms with E-state index in [2.05, 4.69) is 11.4 Å². The summed E-state index contributed by atoms with van der Waals surface area (Å²) in [6.45, 7) is 0. The molecule has 0 aromatic heterocycles. The Morgan fingerprint density at radius 3 is 2.43 bits per heavy atom. The Morgan fingerprint density at radius 2 is 1.81 bits per heavy atom. The van der Waals surface area contributed by atoms with Gasteiger partial charge in [0, 0.05) is 5.02 Å². The Hall–Kier alpha value is -1.53. The van der Waals surface area contributed by atoms with Crippen molar-refractivity contribution in [3.05, 3.63) is 34.9 Å². The van der Waals surface area contributed by atoms with Crippen LogP contribution in [0.2, 0.25) is 5.02 Å². The zero-order valence-corrected chi connectivity index (χ0v) is 13.0. The highest BCUT2D eigenvalue weighted by Gasteiger charge is 2.31. The summed E-state index contributed by atoms with van der Waals surface area (Å²) in [6, 6.07) is 9.68. The minimum Gasteiger partial charge on any atom is -0.338 e.